The van der Waals surface area contributed by atoms with E-state index in [1.165, 1.54) is 0 Å². The van der Waals surface area contributed by atoms with Crippen molar-refractivity contribution in [2.75, 3.05) is 16.3 Å². The van der Waals surface area contributed by atoms with Crippen LogP contribution in [-0.2, 0) is 16.4 Å². The Morgan fingerprint density at radius 3 is 2.18 bits per heavy atom. The van der Waals surface area contributed by atoms with Crippen LogP contribution in [0.5, 0.6) is 0 Å². The van der Waals surface area contributed by atoms with Gasteiger partial charge in [-0.05, 0) is 68.1 Å². The van der Waals surface area contributed by atoms with Crippen LogP contribution in [0.1, 0.15) is 71.3 Å². The highest BCUT2D eigenvalue weighted by Crippen LogP contribution is 2.24. The Bertz CT molecular complexity index is 1300. The van der Waals surface area contributed by atoms with E-state index in [-0.39, 0.29) is 17.7 Å². The summed E-state index contributed by atoms with van der Waals surface area (Å²) in [7, 11) is -3.37. The molecule has 0 radical (unpaired) electrons. The average molecular weight is 481 g/mol. The van der Waals surface area contributed by atoms with E-state index in [0.717, 1.165) is 40.3 Å². The van der Waals surface area contributed by atoms with Gasteiger partial charge in [0.25, 0.3) is 5.91 Å². The fourth-order valence-corrected chi connectivity index (χ4v) is 4.33. The highest BCUT2D eigenvalue weighted by atomic mass is 32.2. The second-order valence-corrected chi connectivity index (χ2v) is 10.9. The van der Waals surface area contributed by atoms with Crippen LogP contribution in [0.2, 0.25) is 0 Å². The highest BCUT2D eigenvalue weighted by molar-refractivity contribution is 7.92. The normalized spacial score (nSPS) is 12.4. The first-order chi connectivity index (χ1) is 15.9. The molecule has 1 amide bonds. The lowest BCUT2D eigenvalue weighted by Gasteiger charge is -2.15. The van der Waals surface area contributed by atoms with Crippen LogP contribution in [0.15, 0.2) is 48.5 Å². The van der Waals surface area contributed by atoms with Crippen LogP contribution in [0.25, 0.3) is 0 Å². The minimum absolute atomic E-state index is 0.0229. The van der Waals surface area contributed by atoms with Crippen LogP contribution in [0, 0.1) is 13.8 Å². The van der Waals surface area contributed by atoms with Gasteiger partial charge >= 0.3 is 0 Å². The van der Waals surface area contributed by atoms with Gasteiger partial charge in [-0.2, -0.15) is 0 Å². The molecule has 3 aromatic rings. The molecule has 180 valence electrons. The van der Waals surface area contributed by atoms with E-state index in [1.54, 1.807) is 18.2 Å². The molecule has 0 aliphatic carbocycles. The molecule has 34 heavy (non-hydrogen) atoms. The van der Waals surface area contributed by atoms with Crippen LogP contribution in [0.3, 0.4) is 0 Å². The van der Waals surface area contributed by atoms with Crippen LogP contribution in [-0.4, -0.2) is 30.5 Å². The first kappa shape index (κ1) is 25.4. The molecule has 0 spiro atoms. The van der Waals surface area contributed by atoms with E-state index in [1.807, 2.05) is 51.1 Å². The largest absolute Gasteiger partial charge is 0.322 e. The number of anilines is 2. The fraction of sp³-hybridized carbons (Fsp3) is 0.346. The van der Waals surface area contributed by atoms with E-state index < -0.39 is 10.0 Å². The van der Waals surface area contributed by atoms with Gasteiger partial charge in [0, 0.05) is 39.9 Å². The smallest absolute Gasteiger partial charge is 0.255 e. The van der Waals surface area contributed by atoms with Crippen molar-refractivity contribution in [3.8, 4) is 0 Å². The number of aromatic nitrogens is 2. The summed E-state index contributed by atoms with van der Waals surface area (Å²) in [5.74, 6) is 0.113. The van der Waals surface area contributed by atoms with Gasteiger partial charge < -0.3 is 5.32 Å². The molecular formula is C26H32N4O3S. The summed E-state index contributed by atoms with van der Waals surface area (Å²) in [6.07, 6.45) is 1.78. The number of nitrogens with one attached hydrogen (secondary N) is 2. The van der Waals surface area contributed by atoms with Gasteiger partial charge in [0.1, 0.15) is 0 Å². The number of hydrogen-bond donors (Lipinski definition) is 2. The SMILES string of the molecule is Cc1cc(NC(=O)c2cccc(CC(C)c3cc(NS(C)(=O)=O)cc(C)n3)c2)cc(C(C)C)n1. The lowest BCUT2D eigenvalue weighted by molar-refractivity contribution is 0.102. The molecule has 8 heteroatoms. The van der Waals surface area contributed by atoms with Crippen molar-refractivity contribution in [2.45, 2.75) is 52.9 Å². The first-order valence-electron chi connectivity index (χ1n) is 11.2. The van der Waals surface area contributed by atoms with Crippen LogP contribution >= 0.6 is 0 Å². The number of rotatable bonds is 8. The van der Waals surface area contributed by atoms with Gasteiger partial charge in [0.15, 0.2) is 0 Å². The van der Waals surface area contributed by atoms with Crippen LogP contribution < -0.4 is 10.0 Å². The molecule has 7 nitrogen and oxygen atoms in total. The summed E-state index contributed by atoms with van der Waals surface area (Å²) >= 11 is 0. The second kappa shape index (κ2) is 10.3. The van der Waals surface area contributed by atoms with Crippen molar-refractivity contribution in [3.05, 3.63) is 82.4 Å². The molecular weight excluding hydrogens is 448 g/mol. The summed E-state index contributed by atoms with van der Waals surface area (Å²) in [6.45, 7) is 9.93. The summed E-state index contributed by atoms with van der Waals surface area (Å²) < 4.78 is 25.7. The third-order valence-electron chi connectivity index (χ3n) is 5.34. The van der Waals surface area contributed by atoms with Gasteiger partial charge in [-0.3, -0.25) is 19.5 Å². The van der Waals surface area contributed by atoms with Gasteiger partial charge in [-0.25, -0.2) is 8.42 Å². The number of carbonyl (C=O) groups is 1. The second-order valence-electron chi connectivity index (χ2n) is 9.13. The zero-order valence-electron chi connectivity index (χ0n) is 20.5. The number of hydrogen-bond acceptors (Lipinski definition) is 5. The van der Waals surface area contributed by atoms with Crippen molar-refractivity contribution in [1.29, 1.82) is 0 Å². The Morgan fingerprint density at radius 2 is 1.53 bits per heavy atom. The predicted octanol–water partition coefficient (Wildman–Crippen LogP) is 5.19. The highest BCUT2D eigenvalue weighted by Gasteiger charge is 2.14. The number of carbonyl (C=O) groups excluding carboxylic acids is 1. The number of benzene rings is 1. The zero-order chi connectivity index (χ0) is 25.0. The molecule has 2 aromatic heterocycles. The number of amides is 1. The van der Waals surface area contributed by atoms with E-state index in [4.69, 9.17) is 0 Å². The van der Waals surface area contributed by atoms with Gasteiger partial charge in [-0.1, -0.05) is 32.9 Å². The Hall–Kier alpha value is -3.26. The molecule has 0 saturated carbocycles. The Kier molecular flexibility index (Phi) is 7.71. The number of aryl methyl sites for hydroxylation is 2. The molecule has 2 heterocycles. The number of nitrogens with zero attached hydrogens (tertiary/aromatic N) is 2. The van der Waals surface area contributed by atoms with Crippen molar-refractivity contribution in [2.24, 2.45) is 0 Å². The van der Waals surface area contributed by atoms with Crippen molar-refractivity contribution in [1.82, 2.24) is 9.97 Å². The van der Waals surface area contributed by atoms with Crippen molar-refractivity contribution in [3.63, 3.8) is 0 Å². The van der Waals surface area contributed by atoms with Crippen LogP contribution in [0.4, 0.5) is 11.4 Å². The summed E-state index contributed by atoms with van der Waals surface area (Å²) in [4.78, 5) is 22.0. The van der Waals surface area contributed by atoms with E-state index in [9.17, 15) is 13.2 Å². The molecule has 1 aromatic carbocycles. The maximum Gasteiger partial charge on any atom is 0.255 e. The lowest BCUT2D eigenvalue weighted by atomic mass is 9.96. The third-order valence-corrected chi connectivity index (χ3v) is 5.94. The lowest BCUT2D eigenvalue weighted by Crippen LogP contribution is -2.13. The van der Waals surface area contributed by atoms with E-state index in [2.05, 4.69) is 33.9 Å². The van der Waals surface area contributed by atoms with Crippen molar-refractivity contribution < 1.29 is 13.2 Å². The predicted molar refractivity (Wildman–Crippen MR) is 137 cm³/mol. The van der Waals surface area contributed by atoms with E-state index in [0.29, 0.717) is 17.7 Å². The summed E-state index contributed by atoms with van der Waals surface area (Å²) in [5, 5.41) is 2.99. The maximum absolute atomic E-state index is 12.9. The summed E-state index contributed by atoms with van der Waals surface area (Å²) in [6, 6.07) is 14.8. The summed E-state index contributed by atoms with van der Waals surface area (Å²) in [5.41, 5.74) is 6.12. The van der Waals surface area contributed by atoms with Gasteiger partial charge in [0.2, 0.25) is 10.0 Å². The third kappa shape index (κ3) is 7.12. The fourth-order valence-electron chi connectivity index (χ4n) is 3.78. The first-order valence-corrected chi connectivity index (χ1v) is 13.1. The molecule has 2 N–H and O–H groups in total. The molecule has 0 aliphatic rings. The molecule has 1 unspecified atom stereocenters. The van der Waals surface area contributed by atoms with Gasteiger partial charge in [0.05, 0.1) is 11.9 Å². The Morgan fingerprint density at radius 1 is 0.912 bits per heavy atom. The average Bonchev–Trinajstić information content (AvgIpc) is 2.71. The molecule has 0 bridgehead atoms. The Labute approximate surface area is 202 Å². The molecule has 1 atom stereocenters. The molecule has 0 saturated heterocycles. The molecule has 3 rings (SSSR count). The Balaban J connectivity index is 1.76. The monoisotopic (exact) mass is 480 g/mol. The van der Waals surface area contributed by atoms with Gasteiger partial charge in [-0.15, -0.1) is 0 Å². The minimum Gasteiger partial charge on any atom is -0.322 e. The number of pyridine rings is 2. The minimum atomic E-state index is -3.37. The number of sulfonamides is 1. The topological polar surface area (TPSA) is 101 Å². The maximum atomic E-state index is 12.9. The van der Waals surface area contributed by atoms with Crippen molar-refractivity contribution >= 4 is 27.3 Å². The van der Waals surface area contributed by atoms with E-state index >= 15 is 0 Å². The standard InChI is InChI=1S/C26H32N4O3S/c1-16(2)24-14-22(11-18(4)27-24)29-26(31)21-9-7-8-20(13-21)10-17(3)25-15-23(12-19(5)28-25)30-34(6,32)33/h7-9,11-17H,10H2,1-6H3,(H,28,30)(H,27,29,31). The quantitative estimate of drug-likeness (QED) is 0.462. The zero-order valence-corrected chi connectivity index (χ0v) is 21.3. The molecule has 0 aliphatic heterocycles. The molecule has 0 fully saturated rings.